The van der Waals surface area contributed by atoms with E-state index in [2.05, 4.69) is 26.8 Å². The van der Waals surface area contributed by atoms with Crippen LogP contribution in [0.4, 0.5) is 10.1 Å². The van der Waals surface area contributed by atoms with Gasteiger partial charge >= 0.3 is 0 Å². The standard InChI is InChI=1S/C20H18BrFN2O/c21-20-11-8-17(22)12-16(20)14-25-19-9-6-15(7-10-19)13-23-24-18-4-2-1-3-5-18/h1-12,23-24H,13-14H2. The molecule has 2 N–H and O–H groups in total. The Morgan fingerprint density at radius 1 is 0.920 bits per heavy atom. The summed E-state index contributed by atoms with van der Waals surface area (Å²) in [4.78, 5) is 0. The van der Waals surface area contributed by atoms with Crippen LogP contribution in [0.3, 0.4) is 0 Å². The van der Waals surface area contributed by atoms with Gasteiger partial charge in [0.25, 0.3) is 0 Å². The second kappa shape index (κ2) is 8.65. The largest absolute Gasteiger partial charge is 0.489 e. The van der Waals surface area contributed by atoms with E-state index in [1.165, 1.54) is 12.1 Å². The summed E-state index contributed by atoms with van der Waals surface area (Å²) in [7, 11) is 0. The van der Waals surface area contributed by atoms with Gasteiger partial charge in [0.1, 0.15) is 18.2 Å². The maximum atomic E-state index is 13.3. The summed E-state index contributed by atoms with van der Waals surface area (Å²) in [5.41, 5.74) is 9.23. The SMILES string of the molecule is Fc1ccc(Br)c(COc2ccc(CNNc3ccccc3)cc2)c1. The number of benzene rings is 3. The number of hydrazine groups is 1. The molecule has 3 aromatic rings. The molecule has 0 saturated heterocycles. The van der Waals surface area contributed by atoms with Crippen LogP contribution in [0.5, 0.6) is 5.75 Å². The van der Waals surface area contributed by atoms with E-state index in [0.717, 1.165) is 27.0 Å². The summed E-state index contributed by atoms with van der Waals surface area (Å²) in [6.45, 7) is 0.996. The van der Waals surface area contributed by atoms with E-state index < -0.39 is 0 Å². The van der Waals surface area contributed by atoms with Crippen molar-refractivity contribution < 1.29 is 9.13 Å². The Hall–Kier alpha value is -2.37. The Morgan fingerprint density at radius 3 is 2.44 bits per heavy atom. The molecule has 0 aliphatic carbocycles. The van der Waals surface area contributed by atoms with Gasteiger partial charge in [-0.2, -0.15) is 0 Å². The molecule has 0 radical (unpaired) electrons. The first-order valence-corrected chi connectivity index (χ1v) is 8.69. The average molecular weight is 401 g/mol. The Balaban J connectivity index is 1.49. The van der Waals surface area contributed by atoms with Crippen molar-refractivity contribution in [3.05, 3.63) is 94.2 Å². The van der Waals surface area contributed by atoms with Crippen LogP contribution in [0.2, 0.25) is 0 Å². The highest BCUT2D eigenvalue weighted by atomic mass is 79.9. The minimum absolute atomic E-state index is 0.269. The lowest BCUT2D eigenvalue weighted by Gasteiger charge is -2.10. The second-order valence-electron chi connectivity index (χ2n) is 5.51. The van der Waals surface area contributed by atoms with Gasteiger partial charge in [-0.05, 0) is 48.0 Å². The van der Waals surface area contributed by atoms with Gasteiger partial charge < -0.3 is 10.2 Å². The molecule has 0 heterocycles. The van der Waals surface area contributed by atoms with Crippen molar-refractivity contribution in [1.82, 2.24) is 5.43 Å². The van der Waals surface area contributed by atoms with Gasteiger partial charge in [0.05, 0.1) is 0 Å². The molecule has 0 fully saturated rings. The number of hydrogen-bond acceptors (Lipinski definition) is 3. The van der Waals surface area contributed by atoms with Gasteiger partial charge in [-0.3, -0.25) is 0 Å². The average Bonchev–Trinajstić information content (AvgIpc) is 2.64. The Kier molecular flexibility index (Phi) is 6.04. The lowest BCUT2D eigenvalue weighted by Crippen LogP contribution is -2.20. The Labute approximate surface area is 154 Å². The molecule has 3 aromatic carbocycles. The summed E-state index contributed by atoms with van der Waals surface area (Å²) < 4.78 is 19.8. The maximum absolute atomic E-state index is 13.3. The number of para-hydroxylation sites is 1. The molecule has 3 nitrogen and oxygen atoms in total. The second-order valence-corrected chi connectivity index (χ2v) is 6.37. The predicted molar refractivity (Wildman–Crippen MR) is 102 cm³/mol. The van der Waals surface area contributed by atoms with E-state index in [0.29, 0.717) is 13.2 Å². The third-order valence-electron chi connectivity index (χ3n) is 3.62. The fourth-order valence-corrected chi connectivity index (χ4v) is 2.65. The van der Waals surface area contributed by atoms with Crippen molar-refractivity contribution in [2.45, 2.75) is 13.2 Å². The van der Waals surface area contributed by atoms with Crippen molar-refractivity contribution in [1.29, 1.82) is 0 Å². The maximum Gasteiger partial charge on any atom is 0.123 e. The minimum Gasteiger partial charge on any atom is -0.489 e. The van der Waals surface area contributed by atoms with E-state index in [1.807, 2.05) is 54.6 Å². The van der Waals surface area contributed by atoms with Gasteiger partial charge in [-0.15, -0.1) is 0 Å². The van der Waals surface area contributed by atoms with Gasteiger partial charge in [0.15, 0.2) is 0 Å². The molecule has 0 aromatic heterocycles. The molecule has 0 saturated carbocycles. The number of hydrogen-bond donors (Lipinski definition) is 2. The lowest BCUT2D eigenvalue weighted by atomic mass is 10.2. The molecule has 5 heteroatoms. The van der Waals surface area contributed by atoms with Crippen molar-refractivity contribution in [3.63, 3.8) is 0 Å². The topological polar surface area (TPSA) is 33.3 Å². The third kappa shape index (κ3) is 5.31. The highest BCUT2D eigenvalue weighted by Gasteiger charge is 2.03. The summed E-state index contributed by atoms with van der Waals surface area (Å²) in [6, 6.07) is 22.3. The minimum atomic E-state index is -0.269. The first kappa shape index (κ1) is 17.5. The summed E-state index contributed by atoms with van der Waals surface area (Å²) in [5, 5.41) is 0. The normalized spacial score (nSPS) is 10.5. The van der Waals surface area contributed by atoms with Crippen LogP contribution in [-0.4, -0.2) is 0 Å². The highest BCUT2D eigenvalue weighted by molar-refractivity contribution is 9.10. The van der Waals surface area contributed by atoms with Gasteiger partial charge in [-0.1, -0.05) is 46.3 Å². The molecular weight excluding hydrogens is 383 g/mol. The fourth-order valence-electron chi connectivity index (χ4n) is 2.29. The first-order valence-electron chi connectivity index (χ1n) is 7.90. The molecular formula is C20H18BrFN2O. The number of ether oxygens (including phenoxy) is 1. The van der Waals surface area contributed by atoms with E-state index in [9.17, 15) is 4.39 Å². The zero-order valence-electron chi connectivity index (χ0n) is 13.5. The quantitative estimate of drug-likeness (QED) is 0.529. The van der Waals surface area contributed by atoms with Crippen molar-refractivity contribution >= 4 is 21.6 Å². The number of nitrogens with one attached hydrogen (secondary N) is 2. The summed E-state index contributed by atoms with van der Waals surface area (Å²) >= 11 is 3.40. The first-order chi connectivity index (χ1) is 12.2. The van der Waals surface area contributed by atoms with Crippen LogP contribution >= 0.6 is 15.9 Å². The molecule has 0 bridgehead atoms. The van der Waals surface area contributed by atoms with Crippen molar-refractivity contribution in [3.8, 4) is 5.75 Å². The van der Waals surface area contributed by atoms with Crippen LogP contribution in [0.15, 0.2) is 77.3 Å². The molecule has 0 amide bonds. The zero-order chi connectivity index (χ0) is 17.5. The van der Waals surface area contributed by atoms with Gasteiger partial charge in [0, 0.05) is 22.3 Å². The van der Waals surface area contributed by atoms with Gasteiger partial charge in [-0.25, -0.2) is 9.82 Å². The third-order valence-corrected chi connectivity index (χ3v) is 4.40. The molecule has 0 spiro atoms. The van der Waals surface area contributed by atoms with Crippen molar-refractivity contribution in [2.75, 3.05) is 5.43 Å². The van der Waals surface area contributed by atoms with Crippen molar-refractivity contribution in [2.24, 2.45) is 0 Å². The van der Waals surface area contributed by atoms with Gasteiger partial charge in [0.2, 0.25) is 0 Å². The number of halogens is 2. The predicted octanol–water partition coefficient (Wildman–Crippen LogP) is 5.28. The van der Waals surface area contributed by atoms with Crippen LogP contribution < -0.4 is 15.6 Å². The Bertz CT molecular complexity index is 810. The summed E-state index contributed by atoms with van der Waals surface area (Å²) in [6.07, 6.45) is 0. The Morgan fingerprint density at radius 2 is 1.68 bits per heavy atom. The van der Waals surface area contributed by atoms with Crippen LogP contribution in [-0.2, 0) is 13.2 Å². The lowest BCUT2D eigenvalue weighted by molar-refractivity contribution is 0.304. The smallest absolute Gasteiger partial charge is 0.123 e. The summed E-state index contributed by atoms with van der Waals surface area (Å²) in [5.74, 6) is 0.477. The van der Waals surface area contributed by atoms with E-state index >= 15 is 0 Å². The highest BCUT2D eigenvalue weighted by Crippen LogP contribution is 2.20. The molecule has 0 aliphatic heterocycles. The molecule has 3 rings (SSSR count). The molecule has 0 unspecified atom stereocenters. The number of rotatable bonds is 7. The van der Waals surface area contributed by atoms with E-state index in [4.69, 9.17) is 4.74 Å². The molecule has 128 valence electrons. The molecule has 25 heavy (non-hydrogen) atoms. The van der Waals surface area contributed by atoms with Crippen LogP contribution in [0, 0.1) is 5.82 Å². The monoisotopic (exact) mass is 400 g/mol. The zero-order valence-corrected chi connectivity index (χ0v) is 15.1. The van der Waals surface area contributed by atoms with Crippen LogP contribution in [0.1, 0.15) is 11.1 Å². The van der Waals surface area contributed by atoms with E-state index in [1.54, 1.807) is 6.07 Å². The van der Waals surface area contributed by atoms with Crippen LogP contribution in [0.25, 0.3) is 0 Å². The number of anilines is 1. The van der Waals surface area contributed by atoms with E-state index in [-0.39, 0.29) is 5.82 Å². The fraction of sp³-hybridized carbons (Fsp3) is 0.100. The molecule has 0 aliphatic rings. The molecule has 0 atom stereocenters.